The minimum absolute atomic E-state index is 0.0310. The van der Waals surface area contributed by atoms with E-state index in [-0.39, 0.29) is 17.2 Å². The smallest absolute Gasteiger partial charge is 0.241 e. The highest BCUT2D eigenvalue weighted by Gasteiger charge is 2.24. The third-order valence-corrected chi connectivity index (χ3v) is 3.41. The predicted octanol–water partition coefficient (Wildman–Crippen LogP) is 3.92. The van der Waals surface area contributed by atoms with Crippen LogP contribution in [0.25, 0.3) is 0 Å². The molecule has 18 heavy (non-hydrogen) atoms. The fraction of sp³-hybridized carbons (Fsp3) is 0.500. The lowest BCUT2D eigenvalue weighted by molar-refractivity contribution is -0.116. The van der Waals surface area contributed by atoms with Crippen LogP contribution in [0, 0.1) is 0 Å². The number of alkyl halides is 2. The molecule has 0 bridgehead atoms. The minimum Gasteiger partial charge on any atom is -0.314 e. The molecule has 0 atom stereocenters. The molecule has 0 aromatic heterocycles. The van der Waals surface area contributed by atoms with E-state index in [0.29, 0.717) is 5.88 Å². The monoisotopic (exact) mass is 287 g/mol. The Balaban J connectivity index is 3.42. The van der Waals surface area contributed by atoms with E-state index < -0.39 is 0 Å². The molecule has 1 amide bonds. The maximum Gasteiger partial charge on any atom is 0.241 e. The van der Waals surface area contributed by atoms with E-state index in [4.69, 9.17) is 23.2 Å². The highest BCUT2D eigenvalue weighted by molar-refractivity contribution is 6.29. The van der Waals surface area contributed by atoms with Gasteiger partial charge in [-0.25, -0.2) is 0 Å². The van der Waals surface area contributed by atoms with E-state index in [1.54, 1.807) is 11.9 Å². The van der Waals surface area contributed by atoms with E-state index in [9.17, 15) is 4.79 Å². The summed E-state index contributed by atoms with van der Waals surface area (Å²) < 4.78 is 0. The largest absolute Gasteiger partial charge is 0.314 e. The average Bonchev–Trinajstić information content (AvgIpc) is 2.34. The maximum absolute atomic E-state index is 11.8. The Hall–Kier alpha value is -0.730. The summed E-state index contributed by atoms with van der Waals surface area (Å²) >= 11 is 11.6. The number of rotatable bonds is 3. The predicted molar refractivity (Wildman–Crippen MR) is 78.8 cm³/mol. The number of halogens is 2. The van der Waals surface area contributed by atoms with Crippen LogP contribution in [0.3, 0.4) is 0 Å². The minimum atomic E-state index is -0.125. The van der Waals surface area contributed by atoms with Gasteiger partial charge in [0.15, 0.2) is 0 Å². The Labute approximate surface area is 119 Å². The van der Waals surface area contributed by atoms with Crippen molar-refractivity contribution < 1.29 is 4.79 Å². The van der Waals surface area contributed by atoms with E-state index in [1.165, 1.54) is 0 Å². The normalized spacial score (nSPS) is 11.4. The Bertz CT molecular complexity index is 438. The zero-order valence-corrected chi connectivity index (χ0v) is 12.8. The van der Waals surface area contributed by atoms with Gasteiger partial charge < -0.3 is 4.90 Å². The highest BCUT2D eigenvalue weighted by atomic mass is 35.5. The van der Waals surface area contributed by atoms with Gasteiger partial charge in [0.2, 0.25) is 5.91 Å². The van der Waals surface area contributed by atoms with E-state index >= 15 is 0 Å². The van der Waals surface area contributed by atoms with Crippen LogP contribution in [0.15, 0.2) is 18.2 Å². The van der Waals surface area contributed by atoms with Gasteiger partial charge in [-0.3, -0.25) is 4.79 Å². The van der Waals surface area contributed by atoms with E-state index in [2.05, 4.69) is 20.8 Å². The number of carbonyl (C=O) groups is 1. The molecule has 1 aromatic rings. The molecule has 100 valence electrons. The van der Waals surface area contributed by atoms with Crippen LogP contribution >= 0.6 is 23.2 Å². The molecule has 0 heterocycles. The zero-order valence-electron chi connectivity index (χ0n) is 11.3. The average molecular weight is 288 g/mol. The van der Waals surface area contributed by atoms with Crippen LogP contribution < -0.4 is 4.90 Å². The van der Waals surface area contributed by atoms with Crippen molar-refractivity contribution in [2.24, 2.45) is 0 Å². The Morgan fingerprint density at radius 3 is 2.33 bits per heavy atom. The number of hydrogen-bond donors (Lipinski definition) is 0. The van der Waals surface area contributed by atoms with Crippen molar-refractivity contribution in [3.63, 3.8) is 0 Å². The van der Waals surface area contributed by atoms with Crippen molar-refractivity contribution in [2.45, 2.75) is 32.1 Å². The lowest BCUT2D eigenvalue weighted by atomic mass is 9.84. The van der Waals surface area contributed by atoms with Gasteiger partial charge in [-0.2, -0.15) is 0 Å². The molecule has 0 saturated heterocycles. The maximum atomic E-state index is 11.8. The first-order valence-corrected chi connectivity index (χ1v) is 6.90. The number of amides is 1. The van der Waals surface area contributed by atoms with E-state index in [0.717, 1.165) is 16.8 Å². The van der Waals surface area contributed by atoms with Gasteiger partial charge in [0.1, 0.15) is 5.88 Å². The second kappa shape index (κ2) is 5.94. The molecule has 0 unspecified atom stereocenters. The van der Waals surface area contributed by atoms with Crippen molar-refractivity contribution in [3.05, 3.63) is 29.3 Å². The number of para-hydroxylation sites is 1. The number of benzene rings is 1. The summed E-state index contributed by atoms with van der Waals surface area (Å²) in [4.78, 5) is 13.4. The van der Waals surface area contributed by atoms with Gasteiger partial charge >= 0.3 is 0 Å². The fourth-order valence-corrected chi connectivity index (χ4v) is 2.31. The molecule has 0 aliphatic heterocycles. The Morgan fingerprint density at radius 2 is 1.89 bits per heavy atom. The van der Waals surface area contributed by atoms with Crippen LogP contribution in [0.4, 0.5) is 5.69 Å². The molecule has 0 spiro atoms. The van der Waals surface area contributed by atoms with Gasteiger partial charge in [-0.1, -0.05) is 39.0 Å². The van der Waals surface area contributed by atoms with Gasteiger partial charge in [0.25, 0.3) is 0 Å². The first kappa shape index (κ1) is 15.3. The topological polar surface area (TPSA) is 20.3 Å². The molecule has 0 N–H and O–H groups in total. The van der Waals surface area contributed by atoms with Crippen molar-refractivity contribution in [1.29, 1.82) is 0 Å². The summed E-state index contributed by atoms with van der Waals surface area (Å²) in [5.41, 5.74) is 2.87. The fourth-order valence-electron chi connectivity index (χ4n) is 1.91. The summed E-state index contributed by atoms with van der Waals surface area (Å²) in [5, 5.41) is 0. The lowest BCUT2D eigenvalue weighted by Crippen LogP contribution is -2.31. The number of nitrogens with zero attached hydrogens (tertiary/aromatic N) is 1. The van der Waals surface area contributed by atoms with Crippen LogP contribution in [0.2, 0.25) is 0 Å². The molecule has 0 radical (unpaired) electrons. The molecule has 0 saturated carbocycles. The SMILES string of the molecule is CN(C(=O)CCl)c1c(CCl)cccc1C(C)(C)C. The molecule has 0 aliphatic carbocycles. The molecule has 0 fully saturated rings. The molecule has 1 aromatic carbocycles. The van der Waals surface area contributed by atoms with Gasteiger partial charge in [-0.15, -0.1) is 23.2 Å². The standard InChI is InChI=1S/C14H19Cl2NO/c1-14(2,3)11-7-5-6-10(8-15)13(11)17(4)12(18)9-16/h5-7H,8-9H2,1-4H3. The summed E-state index contributed by atoms with van der Waals surface area (Å²) in [6, 6.07) is 5.94. The van der Waals surface area contributed by atoms with Gasteiger partial charge in [0.05, 0.1) is 5.69 Å². The Kier molecular flexibility index (Phi) is 5.06. The number of hydrogen-bond acceptors (Lipinski definition) is 1. The molecular formula is C14H19Cl2NO. The van der Waals surface area contributed by atoms with Crippen molar-refractivity contribution in [1.82, 2.24) is 0 Å². The van der Waals surface area contributed by atoms with Gasteiger partial charge in [-0.05, 0) is 16.5 Å². The lowest BCUT2D eigenvalue weighted by Gasteiger charge is -2.29. The van der Waals surface area contributed by atoms with Crippen molar-refractivity contribution >= 4 is 34.8 Å². The van der Waals surface area contributed by atoms with E-state index in [1.807, 2.05) is 18.2 Å². The van der Waals surface area contributed by atoms with Crippen LogP contribution in [0.5, 0.6) is 0 Å². The number of anilines is 1. The number of carbonyl (C=O) groups excluding carboxylic acids is 1. The zero-order chi connectivity index (χ0) is 13.9. The van der Waals surface area contributed by atoms with Crippen LogP contribution in [0.1, 0.15) is 31.9 Å². The van der Waals surface area contributed by atoms with Crippen molar-refractivity contribution in [2.75, 3.05) is 17.8 Å². The quantitative estimate of drug-likeness (QED) is 0.772. The summed E-state index contributed by atoms with van der Waals surface area (Å²) in [7, 11) is 1.74. The summed E-state index contributed by atoms with van der Waals surface area (Å²) in [6.45, 7) is 6.34. The first-order chi connectivity index (χ1) is 8.32. The highest BCUT2D eigenvalue weighted by Crippen LogP contribution is 2.35. The first-order valence-electron chi connectivity index (χ1n) is 5.83. The summed E-state index contributed by atoms with van der Waals surface area (Å²) in [6.07, 6.45) is 0. The summed E-state index contributed by atoms with van der Waals surface area (Å²) in [5.74, 6) is 0.218. The van der Waals surface area contributed by atoms with Crippen molar-refractivity contribution in [3.8, 4) is 0 Å². The Morgan fingerprint density at radius 1 is 1.28 bits per heavy atom. The van der Waals surface area contributed by atoms with Crippen LogP contribution in [-0.2, 0) is 16.1 Å². The molecule has 0 aliphatic rings. The second-order valence-corrected chi connectivity index (χ2v) is 5.82. The molecule has 2 nitrogen and oxygen atoms in total. The van der Waals surface area contributed by atoms with Gasteiger partial charge in [0, 0.05) is 12.9 Å². The third kappa shape index (κ3) is 3.18. The molecular weight excluding hydrogens is 269 g/mol. The third-order valence-electron chi connectivity index (χ3n) is 2.90. The molecule has 1 rings (SSSR count). The second-order valence-electron chi connectivity index (χ2n) is 5.28. The molecule has 4 heteroatoms. The van der Waals surface area contributed by atoms with Crippen LogP contribution in [-0.4, -0.2) is 18.8 Å².